The summed E-state index contributed by atoms with van der Waals surface area (Å²) in [5.74, 6) is -0.628. The summed E-state index contributed by atoms with van der Waals surface area (Å²) < 4.78 is 7.07. The summed E-state index contributed by atoms with van der Waals surface area (Å²) >= 11 is 0. The molecular weight excluding hydrogens is 416 g/mol. The van der Waals surface area contributed by atoms with Crippen molar-refractivity contribution in [3.63, 3.8) is 0 Å². The van der Waals surface area contributed by atoms with Crippen LogP contribution in [-0.4, -0.2) is 70.2 Å². The highest BCUT2D eigenvalue weighted by atomic mass is 16.5. The lowest BCUT2D eigenvalue weighted by molar-refractivity contribution is 0.0273. The van der Waals surface area contributed by atoms with E-state index < -0.39 is 5.97 Å². The second-order valence-electron chi connectivity index (χ2n) is 10.0. The van der Waals surface area contributed by atoms with Crippen LogP contribution in [0.2, 0.25) is 0 Å². The summed E-state index contributed by atoms with van der Waals surface area (Å²) in [5.41, 5.74) is 1.08. The molecule has 33 heavy (non-hydrogen) atoms. The molecule has 0 radical (unpaired) electrons. The minimum atomic E-state index is -0.628. The van der Waals surface area contributed by atoms with Gasteiger partial charge in [0.1, 0.15) is 0 Å². The number of likely N-dealkylation sites (tertiary alicyclic amines) is 1. The molecule has 3 fully saturated rings. The van der Waals surface area contributed by atoms with E-state index in [2.05, 4.69) is 21.8 Å². The fraction of sp³-hybridized carbons (Fsp3) is 0.654. The van der Waals surface area contributed by atoms with Crippen LogP contribution in [0.15, 0.2) is 29.1 Å². The summed E-state index contributed by atoms with van der Waals surface area (Å²) in [6, 6.07) is 9.01. The first kappa shape index (κ1) is 22.5. The average molecular weight is 453 g/mol. The Kier molecular flexibility index (Phi) is 6.52. The third-order valence-electron chi connectivity index (χ3n) is 7.88. The van der Waals surface area contributed by atoms with Crippen LogP contribution >= 0.6 is 0 Å². The summed E-state index contributed by atoms with van der Waals surface area (Å²) in [4.78, 5) is 35.9. The largest absolute Gasteiger partial charge is 0.461 e. The van der Waals surface area contributed by atoms with Gasteiger partial charge in [0.15, 0.2) is 0 Å². The van der Waals surface area contributed by atoms with Crippen molar-refractivity contribution in [1.29, 1.82) is 0 Å². The molecule has 2 aliphatic heterocycles. The van der Waals surface area contributed by atoms with E-state index in [0.29, 0.717) is 17.6 Å². The van der Waals surface area contributed by atoms with Gasteiger partial charge in [-0.25, -0.2) is 9.78 Å². The Morgan fingerprint density at radius 1 is 1.03 bits per heavy atom. The Morgan fingerprint density at radius 2 is 1.76 bits per heavy atom. The Hall–Kier alpha value is -2.25. The van der Waals surface area contributed by atoms with Crippen molar-refractivity contribution in [2.24, 2.45) is 0 Å². The molecule has 3 atom stereocenters. The lowest BCUT2D eigenvalue weighted by Gasteiger charge is -2.45. The van der Waals surface area contributed by atoms with Crippen LogP contribution < -0.4 is 5.56 Å². The molecule has 7 nitrogen and oxygen atoms in total. The number of nitrogens with zero attached hydrogens (tertiary/aromatic N) is 4. The highest BCUT2D eigenvalue weighted by molar-refractivity contribution is 5.89. The Labute approximate surface area is 195 Å². The monoisotopic (exact) mass is 452 g/mol. The minimum absolute atomic E-state index is 0.0268. The van der Waals surface area contributed by atoms with E-state index in [1.165, 1.54) is 44.9 Å². The molecule has 2 bridgehead atoms. The number of esters is 1. The molecule has 0 amide bonds. The highest BCUT2D eigenvalue weighted by Crippen LogP contribution is 2.41. The van der Waals surface area contributed by atoms with Crippen LogP contribution in [0.1, 0.15) is 74.8 Å². The summed E-state index contributed by atoms with van der Waals surface area (Å²) in [6.07, 6.45) is 10.1. The lowest BCUT2D eigenvalue weighted by atomic mass is 9.93. The summed E-state index contributed by atoms with van der Waals surface area (Å²) in [5, 5.41) is 0. The number of rotatable bonds is 4. The molecule has 0 N–H and O–H groups in total. The van der Waals surface area contributed by atoms with Gasteiger partial charge in [0, 0.05) is 31.2 Å². The third kappa shape index (κ3) is 4.21. The third-order valence-corrected chi connectivity index (χ3v) is 7.88. The summed E-state index contributed by atoms with van der Waals surface area (Å²) in [6.45, 7) is 3.95. The molecular formula is C26H36N4O3. The number of likely N-dealkylation sites (N-methyl/N-ethyl adjacent to an activating group) is 1. The number of carbonyl (C=O) groups excluding carboxylic acids is 1. The van der Waals surface area contributed by atoms with Crippen LogP contribution in [0.4, 0.5) is 0 Å². The molecule has 1 aliphatic carbocycles. The minimum Gasteiger partial charge on any atom is -0.461 e. The SMILES string of the molecule is CCOC(=O)c1nc2ccccc2n([C@@H]2C[C@@H]3CN(C)CC2N3C2CCCCCCC2)c1=O. The van der Waals surface area contributed by atoms with E-state index in [4.69, 9.17) is 4.74 Å². The number of ether oxygens (including phenoxy) is 1. The molecule has 2 aromatic rings. The zero-order valence-electron chi connectivity index (χ0n) is 19.9. The van der Waals surface area contributed by atoms with E-state index in [1.807, 2.05) is 28.8 Å². The Morgan fingerprint density at radius 3 is 2.52 bits per heavy atom. The van der Waals surface area contributed by atoms with E-state index in [-0.39, 0.29) is 29.9 Å². The Bertz CT molecular complexity index is 1060. The maximum absolute atomic E-state index is 13.7. The first-order valence-electron chi connectivity index (χ1n) is 12.7. The molecule has 5 rings (SSSR count). The fourth-order valence-electron chi connectivity index (χ4n) is 6.56. The molecule has 1 unspecified atom stereocenters. The van der Waals surface area contributed by atoms with Crippen molar-refractivity contribution in [2.75, 3.05) is 26.7 Å². The zero-order chi connectivity index (χ0) is 22.9. The second-order valence-corrected chi connectivity index (χ2v) is 10.0. The van der Waals surface area contributed by atoms with E-state index in [1.54, 1.807) is 6.92 Å². The van der Waals surface area contributed by atoms with Gasteiger partial charge in [-0.15, -0.1) is 0 Å². The van der Waals surface area contributed by atoms with Gasteiger partial charge in [-0.1, -0.05) is 44.2 Å². The number of benzene rings is 1. The molecule has 0 spiro atoms. The molecule has 3 heterocycles. The van der Waals surface area contributed by atoms with Crippen LogP contribution in [0, 0.1) is 0 Å². The maximum atomic E-state index is 13.7. The highest BCUT2D eigenvalue weighted by Gasteiger charge is 2.49. The molecule has 178 valence electrons. The average Bonchev–Trinajstić information content (AvgIpc) is 3.00. The van der Waals surface area contributed by atoms with Crippen molar-refractivity contribution < 1.29 is 9.53 Å². The van der Waals surface area contributed by atoms with Crippen molar-refractivity contribution in [3.8, 4) is 0 Å². The molecule has 1 aromatic carbocycles. The fourth-order valence-corrected chi connectivity index (χ4v) is 6.56. The second kappa shape index (κ2) is 9.55. The quantitative estimate of drug-likeness (QED) is 0.660. The molecule has 3 aliphatic rings. The Balaban J connectivity index is 1.58. The zero-order valence-corrected chi connectivity index (χ0v) is 19.9. The van der Waals surface area contributed by atoms with Crippen molar-refractivity contribution in [2.45, 2.75) is 82.5 Å². The summed E-state index contributed by atoms with van der Waals surface area (Å²) in [7, 11) is 2.19. The normalized spacial score (nSPS) is 27.4. The lowest BCUT2D eigenvalue weighted by Crippen LogP contribution is -2.57. The number of hydrogen-bond donors (Lipinski definition) is 0. The van der Waals surface area contributed by atoms with Gasteiger partial charge in [0.2, 0.25) is 5.69 Å². The molecule has 1 aromatic heterocycles. The van der Waals surface area contributed by atoms with Crippen molar-refractivity contribution >= 4 is 17.0 Å². The number of piperazine rings is 1. The molecule has 1 saturated carbocycles. The van der Waals surface area contributed by atoms with Gasteiger partial charge in [-0.3, -0.25) is 14.3 Å². The molecule has 7 heteroatoms. The van der Waals surface area contributed by atoms with Gasteiger partial charge in [-0.2, -0.15) is 0 Å². The van der Waals surface area contributed by atoms with Gasteiger partial charge < -0.3 is 9.64 Å². The predicted octanol–water partition coefficient (Wildman–Crippen LogP) is 3.62. The van der Waals surface area contributed by atoms with E-state index in [0.717, 1.165) is 25.0 Å². The smallest absolute Gasteiger partial charge is 0.362 e. The molecule has 2 saturated heterocycles. The van der Waals surface area contributed by atoms with Crippen molar-refractivity contribution in [1.82, 2.24) is 19.4 Å². The van der Waals surface area contributed by atoms with Gasteiger partial charge >= 0.3 is 5.97 Å². The number of para-hydroxylation sites is 2. The predicted molar refractivity (Wildman–Crippen MR) is 129 cm³/mol. The van der Waals surface area contributed by atoms with Gasteiger partial charge in [0.25, 0.3) is 5.56 Å². The standard InChI is InChI=1S/C26H36N4O3/c1-3-33-26(32)24-25(31)30(21-14-10-9-13-20(21)27-24)22-15-19-16-28(2)17-23(22)29(19)18-11-7-5-4-6-8-12-18/h9-10,13-14,18-19,22-23H,3-8,11-12,15-17H2,1-2H3/t19-,22-,23?/m1/s1. The van der Waals surface area contributed by atoms with E-state index in [9.17, 15) is 9.59 Å². The van der Waals surface area contributed by atoms with Crippen LogP contribution in [0.25, 0.3) is 11.0 Å². The topological polar surface area (TPSA) is 67.7 Å². The number of aromatic nitrogens is 2. The van der Waals surface area contributed by atoms with Crippen LogP contribution in [0.3, 0.4) is 0 Å². The van der Waals surface area contributed by atoms with Gasteiger partial charge in [-0.05, 0) is 45.4 Å². The van der Waals surface area contributed by atoms with Crippen molar-refractivity contribution in [3.05, 3.63) is 40.3 Å². The number of fused-ring (bicyclic) bond motifs is 3. The number of carbonyl (C=O) groups is 1. The maximum Gasteiger partial charge on any atom is 0.362 e. The van der Waals surface area contributed by atoms with Crippen LogP contribution in [-0.2, 0) is 4.74 Å². The van der Waals surface area contributed by atoms with Crippen LogP contribution in [0.5, 0.6) is 0 Å². The first-order valence-corrected chi connectivity index (χ1v) is 12.7. The number of hydrogen-bond acceptors (Lipinski definition) is 6. The first-order chi connectivity index (χ1) is 16.1. The van der Waals surface area contributed by atoms with E-state index >= 15 is 0 Å². The van der Waals surface area contributed by atoms with Gasteiger partial charge in [0.05, 0.1) is 23.7 Å².